The number of fused-ring (bicyclic) bond motifs is 1. The van der Waals surface area contributed by atoms with Crippen molar-refractivity contribution in [3.8, 4) is 0 Å². The van der Waals surface area contributed by atoms with Gasteiger partial charge in [0.25, 0.3) is 5.91 Å². The van der Waals surface area contributed by atoms with Crippen LogP contribution in [0.5, 0.6) is 0 Å². The van der Waals surface area contributed by atoms with Crippen LogP contribution in [0.15, 0.2) is 18.2 Å². The van der Waals surface area contributed by atoms with E-state index in [1.165, 1.54) is 5.56 Å². The Labute approximate surface area is 114 Å². The molecule has 1 amide bonds. The molecule has 4 heteroatoms. The van der Waals surface area contributed by atoms with Crippen molar-refractivity contribution in [1.29, 1.82) is 0 Å². The van der Waals surface area contributed by atoms with Crippen LogP contribution in [0.25, 0.3) is 0 Å². The maximum atomic E-state index is 12.2. The lowest BCUT2D eigenvalue weighted by atomic mass is 10.0. The van der Waals surface area contributed by atoms with Crippen molar-refractivity contribution >= 4 is 11.6 Å². The largest absolute Gasteiger partial charge is 0.384 e. The Morgan fingerprint density at radius 3 is 2.95 bits per heavy atom. The van der Waals surface area contributed by atoms with Gasteiger partial charge in [-0.2, -0.15) is 0 Å². The molecule has 1 unspecified atom stereocenters. The van der Waals surface area contributed by atoms with Gasteiger partial charge in [0, 0.05) is 24.9 Å². The first-order valence-electron chi connectivity index (χ1n) is 6.78. The first-order valence-corrected chi connectivity index (χ1v) is 6.78. The van der Waals surface area contributed by atoms with E-state index in [0.717, 1.165) is 18.7 Å². The quantitative estimate of drug-likeness (QED) is 0.854. The Morgan fingerprint density at radius 2 is 2.26 bits per heavy atom. The van der Waals surface area contributed by atoms with Crippen LogP contribution in [0, 0.1) is 5.92 Å². The van der Waals surface area contributed by atoms with Gasteiger partial charge in [-0.3, -0.25) is 4.79 Å². The van der Waals surface area contributed by atoms with Gasteiger partial charge in [0.2, 0.25) is 0 Å². The van der Waals surface area contributed by atoms with E-state index in [2.05, 4.69) is 24.5 Å². The Hall–Kier alpha value is -1.55. The first kappa shape index (κ1) is 13.9. The monoisotopic (exact) mass is 262 g/mol. The fourth-order valence-corrected chi connectivity index (χ4v) is 2.26. The lowest BCUT2D eigenvalue weighted by Gasteiger charge is -2.21. The SMILES string of the molecule is COCC(NC(=O)c1ccc2c(c1)NCC2)C(C)C. The van der Waals surface area contributed by atoms with Crippen LogP contribution >= 0.6 is 0 Å². The van der Waals surface area contributed by atoms with Gasteiger partial charge in [0.05, 0.1) is 12.6 Å². The maximum Gasteiger partial charge on any atom is 0.251 e. The Balaban J connectivity index is 2.07. The summed E-state index contributed by atoms with van der Waals surface area (Å²) < 4.78 is 5.15. The average molecular weight is 262 g/mol. The minimum Gasteiger partial charge on any atom is -0.384 e. The molecule has 1 aliphatic heterocycles. The molecule has 0 aliphatic carbocycles. The van der Waals surface area contributed by atoms with E-state index in [9.17, 15) is 4.79 Å². The third kappa shape index (κ3) is 3.26. The number of hydrogen-bond donors (Lipinski definition) is 2. The number of carbonyl (C=O) groups excluding carboxylic acids is 1. The second kappa shape index (κ2) is 6.06. The highest BCUT2D eigenvalue weighted by Gasteiger charge is 2.18. The van der Waals surface area contributed by atoms with E-state index in [1.54, 1.807) is 7.11 Å². The zero-order valence-corrected chi connectivity index (χ0v) is 11.8. The highest BCUT2D eigenvalue weighted by atomic mass is 16.5. The number of rotatable bonds is 5. The summed E-state index contributed by atoms with van der Waals surface area (Å²) in [6, 6.07) is 5.90. The van der Waals surface area contributed by atoms with Gasteiger partial charge in [-0.05, 0) is 30.0 Å². The number of carbonyl (C=O) groups is 1. The maximum absolute atomic E-state index is 12.2. The second-order valence-electron chi connectivity index (χ2n) is 5.33. The number of methoxy groups -OCH3 is 1. The van der Waals surface area contributed by atoms with Crippen molar-refractivity contribution in [1.82, 2.24) is 5.32 Å². The fourth-order valence-electron chi connectivity index (χ4n) is 2.26. The standard InChI is InChI=1S/C15H22N2O2/c1-10(2)14(9-19-3)17-15(18)12-5-4-11-6-7-16-13(11)8-12/h4-5,8,10,14,16H,6-7,9H2,1-3H3,(H,17,18). The van der Waals surface area contributed by atoms with Gasteiger partial charge in [-0.1, -0.05) is 19.9 Å². The van der Waals surface area contributed by atoms with Crippen LogP contribution in [0.2, 0.25) is 0 Å². The number of nitrogens with one attached hydrogen (secondary N) is 2. The average Bonchev–Trinajstić information content (AvgIpc) is 2.85. The molecule has 0 saturated carbocycles. The lowest BCUT2D eigenvalue weighted by Crippen LogP contribution is -2.41. The Bertz CT molecular complexity index is 457. The fraction of sp³-hybridized carbons (Fsp3) is 0.533. The molecule has 1 atom stereocenters. The third-order valence-electron chi connectivity index (χ3n) is 3.55. The topological polar surface area (TPSA) is 50.4 Å². The van der Waals surface area contributed by atoms with Crippen molar-refractivity contribution in [2.75, 3.05) is 25.6 Å². The molecule has 2 N–H and O–H groups in total. The van der Waals surface area contributed by atoms with Crippen molar-refractivity contribution in [2.45, 2.75) is 26.3 Å². The number of amides is 1. The van der Waals surface area contributed by atoms with Crippen molar-refractivity contribution in [3.05, 3.63) is 29.3 Å². The lowest BCUT2D eigenvalue weighted by molar-refractivity contribution is 0.0866. The van der Waals surface area contributed by atoms with E-state index in [0.29, 0.717) is 18.1 Å². The molecule has 19 heavy (non-hydrogen) atoms. The van der Waals surface area contributed by atoms with Gasteiger partial charge in [0.1, 0.15) is 0 Å². The van der Waals surface area contributed by atoms with Crippen LogP contribution in [-0.4, -0.2) is 32.2 Å². The summed E-state index contributed by atoms with van der Waals surface area (Å²) in [6.07, 6.45) is 1.04. The van der Waals surface area contributed by atoms with Crippen LogP contribution < -0.4 is 10.6 Å². The third-order valence-corrected chi connectivity index (χ3v) is 3.55. The van der Waals surface area contributed by atoms with E-state index < -0.39 is 0 Å². The molecule has 1 aromatic carbocycles. The summed E-state index contributed by atoms with van der Waals surface area (Å²) in [4.78, 5) is 12.2. The molecule has 4 nitrogen and oxygen atoms in total. The summed E-state index contributed by atoms with van der Waals surface area (Å²) in [7, 11) is 1.65. The smallest absolute Gasteiger partial charge is 0.251 e. The van der Waals surface area contributed by atoms with Crippen molar-refractivity contribution in [3.63, 3.8) is 0 Å². The van der Waals surface area contributed by atoms with E-state index in [1.807, 2.05) is 18.2 Å². The molecule has 0 saturated heterocycles. The predicted octanol–water partition coefficient (Wildman–Crippen LogP) is 2.06. The molecule has 0 aromatic heterocycles. The number of benzene rings is 1. The molecule has 0 radical (unpaired) electrons. The van der Waals surface area contributed by atoms with Gasteiger partial charge in [0.15, 0.2) is 0 Å². The second-order valence-corrected chi connectivity index (χ2v) is 5.33. The van der Waals surface area contributed by atoms with E-state index in [4.69, 9.17) is 4.74 Å². The summed E-state index contributed by atoms with van der Waals surface area (Å²) in [6.45, 7) is 5.65. The molecule has 0 fully saturated rings. The van der Waals surface area contributed by atoms with Gasteiger partial charge in [-0.25, -0.2) is 0 Å². The highest BCUT2D eigenvalue weighted by molar-refractivity contribution is 5.95. The van der Waals surface area contributed by atoms with Crippen molar-refractivity contribution < 1.29 is 9.53 Å². The molecule has 104 valence electrons. The molecule has 0 spiro atoms. The zero-order valence-electron chi connectivity index (χ0n) is 11.8. The normalized spacial score (nSPS) is 14.9. The molecule has 2 rings (SSSR count). The molecule has 1 aromatic rings. The molecular weight excluding hydrogens is 240 g/mol. The predicted molar refractivity (Wildman–Crippen MR) is 76.6 cm³/mol. The van der Waals surface area contributed by atoms with E-state index in [-0.39, 0.29) is 11.9 Å². The van der Waals surface area contributed by atoms with Crippen LogP contribution in [-0.2, 0) is 11.2 Å². The van der Waals surface area contributed by atoms with Crippen molar-refractivity contribution in [2.24, 2.45) is 5.92 Å². The first-order chi connectivity index (χ1) is 9.11. The van der Waals surface area contributed by atoms with Gasteiger partial charge in [-0.15, -0.1) is 0 Å². The summed E-state index contributed by atoms with van der Waals surface area (Å²) in [5.74, 6) is 0.309. The summed E-state index contributed by atoms with van der Waals surface area (Å²) in [5.41, 5.74) is 3.07. The van der Waals surface area contributed by atoms with Crippen LogP contribution in [0.4, 0.5) is 5.69 Å². The summed E-state index contributed by atoms with van der Waals surface area (Å²) >= 11 is 0. The minimum atomic E-state index is -0.0350. The zero-order chi connectivity index (χ0) is 13.8. The number of hydrogen-bond acceptors (Lipinski definition) is 3. The van der Waals surface area contributed by atoms with Gasteiger partial charge >= 0.3 is 0 Å². The molecular formula is C15H22N2O2. The molecule has 1 heterocycles. The molecule has 1 aliphatic rings. The Kier molecular flexibility index (Phi) is 4.43. The summed E-state index contributed by atoms with van der Waals surface area (Å²) in [5, 5.41) is 6.33. The number of ether oxygens (including phenoxy) is 1. The highest BCUT2D eigenvalue weighted by Crippen LogP contribution is 2.23. The Morgan fingerprint density at radius 1 is 1.47 bits per heavy atom. The van der Waals surface area contributed by atoms with Crippen LogP contribution in [0.1, 0.15) is 29.8 Å². The molecule has 0 bridgehead atoms. The van der Waals surface area contributed by atoms with Gasteiger partial charge < -0.3 is 15.4 Å². The number of anilines is 1. The minimum absolute atomic E-state index is 0.0350. The van der Waals surface area contributed by atoms with E-state index >= 15 is 0 Å². The van der Waals surface area contributed by atoms with Crippen LogP contribution in [0.3, 0.4) is 0 Å².